The molecule has 0 saturated carbocycles. The molecular formula is C18H21ClN4O3S2. The lowest BCUT2D eigenvalue weighted by Gasteiger charge is -2.30. The van der Waals surface area contributed by atoms with E-state index in [4.69, 9.17) is 16.3 Å². The predicted molar refractivity (Wildman–Crippen MR) is 111 cm³/mol. The van der Waals surface area contributed by atoms with E-state index in [1.165, 1.54) is 30.2 Å². The SMILES string of the molecule is COC(=O)C1CCN(C(=O)CSc2nnc(Nc3ccc(C)c(Cl)c3)s2)CC1. The number of halogens is 1. The second-order valence-electron chi connectivity index (χ2n) is 6.43. The highest BCUT2D eigenvalue weighted by Crippen LogP contribution is 2.29. The number of carbonyl (C=O) groups is 2. The zero-order valence-electron chi connectivity index (χ0n) is 15.6. The fourth-order valence-electron chi connectivity index (χ4n) is 2.86. The molecular weight excluding hydrogens is 420 g/mol. The summed E-state index contributed by atoms with van der Waals surface area (Å²) in [7, 11) is 1.40. The predicted octanol–water partition coefficient (Wildman–Crippen LogP) is 3.75. The van der Waals surface area contributed by atoms with Gasteiger partial charge in [0, 0.05) is 23.8 Å². The molecule has 3 rings (SSSR count). The molecule has 1 N–H and O–H groups in total. The van der Waals surface area contributed by atoms with Crippen molar-refractivity contribution >= 4 is 57.4 Å². The van der Waals surface area contributed by atoms with Gasteiger partial charge in [-0.25, -0.2) is 0 Å². The number of aromatic nitrogens is 2. The summed E-state index contributed by atoms with van der Waals surface area (Å²) < 4.78 is 5.50. The van der Waals surface area contributed by atoms with Crippen molar-refractivity contribution in [1.82, 2.24) is 15.1 Å². The number of hydrogen-bond donors (Lipinski definition) is 1. The number of likely N-dealkylation sites (tertiary alicyclic amines) is 1. The summed E-state index contributed by atoms with van der Waals surface area (Å²) >= 11 is 8.89. The zero-order chi connectivity index (χ0) is 20.1. The number of esters is 1. The highest BCUT2D eigenvalue weighted by Gasteiger charge is 2.27. The summed E-state index contributed by atoms with van der Waals surface area (Å²) in [5.74, 6) is 0.0517. The molecule has 0 spiro atoms. The van der Waals surface area contributed by atoms with Gasteiger partial charge in [0.05, 0.1) is 18.8 Å². The number of benzene rings is 1. The van der Waals surface area contributed by atoms with Gasteiger partial charge in [0.15, 0.2) is 4.34 Å². The maximum Gasteiger partial charge on any atom is 0.308 e. The first kappa shape index (κ1) is 20.9. The van der Waals surface area contributed by atoms with E-state index < -0.39 is 0 Å². The number of nitrogens with zero attached hydrogens (tertiary/aromatic N) is 3. The van der Waals surface area contributed by atoms with E-state index in [2.05, 4.69) is 15.5 Å². The molecule has 2 heterocycles. The number of carbonyl (C=O) groups excluding carboxylic acids is 2. The molecule has 1 aliphatic rings. The smallest absolute Gasteiger partial charge is 0.308 e. The molecule has 150 valence electrons. The normalized spacial score (nSPS) is 14.8. The number of aryl methyl sites for hydroxylation is 1. The van der Waals surface area contributed by atoms with E-state index in [0.29, 0.717) is 41.8 Å². The number of nitrogens with one attached hydrogen (secondary N) is 1. The Labute approximate surface area is 176 Å². The van der Waals surface area contributed by atoms with E-state index in [-0.39, 0.29) is 17.8 Å². The largest absolute Gasteiger partial charge is 0.469 e. The molecule has 0 radical (unpaired) electrons. The second-order valence-corrected chi connectivity index (χ2v) is 9.04. The molecule has 2 aromatic rings. The summed E-state index contributed by atoms with van der Waals surface area (Å²) in [6.45, 7) is 3.10. The Hall–Kier alpha value is -1.84. The van der Waals surface area contributed by atoms with Crippen molar-refractivity contribution < 1.29 is 14.3 Å². The summed E-state index contributed by atoms with van der Waals surface area (Å²) in [5, 5.41) is 12.7. The molecule has 1 saturated heterocycles. The van der Waals surface area contributed by atoms with Crippen LogP contribution in [-0.4, -0.2) is 52.9 Å². The van der Waals surface area contributed by atoms with Gasteiger partial charge in [-0.05, 0) is 37.5 Å². The van der Waals surface area contributed by atoms with Crippen LogP contribution >= 0.6 is 34.7 Å². The number of hydrogen-bond acceptors (Lipinski definition) is 8. The average Bonchev–Trinajstić information content (AvgIpc) is 3.15. The Morgan fingerprint density at radius 3 is 2.79 bits per heavy atom. The van der Waals surface area contributed by atoms with Gasteiger partial charge in [-0.15, -0.1) is 10.2 Å². The first-order valence-corrected chi connectivity index (χ1v) is 11.0. The number of rotatable bonds is 6. The molecule has 1 fully saturated rings. The number of piperidine rings is 1. The molecule has 1 aliphatic heterocycles. The Morgan fingerprint density at radius 1 is 1.36 bits per heavy atom. The van der Waals surface area contributed by atoms with Gasteiger partial charge in [0.25, 0.3) is 0 Å². The average molecular weight is 441 g/mol. The highest BCUT2D eigenvalue weighted by atomic mass is 35.5. The third-order valence-corrected chi connectivity index (χ3v) is 6.89. The molecule has 1 amide bonds. The van der Waals surface area contributed by atoms with Crippen LogP contribution < -0.4 is 5.32 Å². The minimum atomic E-state index is -0.190. The fourth-order valence-corrected chi connectivity index (χ4v) is 4.71. The van der Waals surface area contributed by atoms with Crippen LogP contribution in [0.4, 0.5) is 10.8 Å². The molecule has 28 heavy (non-hydrogen) atoms. The lowest BCUT2D eigenvalue weighted by atomic mass is 9.97. The van der Waals surface area contributed by atoms with Crippen LogP contribution in [0.15, 0.2) is 22.5 Å². The second kappa shape index (κ2) is 9.58. The van der Waals surface area contributed by atoms with Gasteiger partial charge < -0.3 is 15.0 Å². The summed E-state index contributed by atoms with van der Waals surface area (Å²) in [6.07, 6.45) is 1.30. The van der Waals surface area contributed by atoms with Crippen LogP contribution in [0.25, 0.3) is 0 Å². The van der Waals surface area contributed by atoms with Gasteiger partial charge >= 0.3 is 5.97 Å². The quantitative estimate of drug-likeness (QED) is 0.540. The molecule has 0 unspecified atom stereocenters. The van der Waals surface area contributed by atoms with Crippen molar-refractivity contribution in [3.8, 4) is 0 Å². The number of ether oxygens (including phenoxy) is 1. The maximum absolute atomic E-state index is 12.4. The van der Waals surface area contributed by atoms with Gasteiger partial charge in [-0.3, -0.25) is 9.59 Å². The Bertz CT molecular complexity index is 853. The molecule has 7 nitrogen and oxygen atoms in total. The van der Waals surface area contributed by atoms with Crippen molar-refractivity contribution in [2.75, 3.05) is 31.3 Å². The molecule has 0 aliphatic carbocycles. The van der Waals surface area contributed by atoms with E-state index >= 15 is 0 Å². The van der Waals surface area contributed by atoms with E-state index in [0.717, 1.165) is 15.6 Å². The van der Waals surface area contributed by atoms with E-state index in [1.807, 2.05) is 25.1 Å². The number of amides is 1. The van der Waals surface area contributed by atoms with Crippen molar-refractivity contribution in [3.05, 3.63) is 28.8 Å². The van der Waals surface area contributed by atoms with Crippen LogP contribution in [-0.2, 0) is 14.3 Å². The zero-order valence-corrected chi connectivity index (χ0v) is 18.0. The van der Waals surface area contributed by atoms with Crippen LogP contribution in [0, 0.1) is 12.8 Å². The van der Waals surface area contributed by atoms with Crippen LogP contribution in [0.1, 0.15) is 18.4 Å². The molecule has 10 heteroatoms. The summed E-state index contributed by atoms with van der Waals surface area (Å²) in [6, 6.07) is 5.70. The van der Waals surface area contributed by atoms with Gasteiger partial charge in [-0.2, -0.15) is 0 Å². The molecule has 0 bridgehead atoms. The number of thioether (sulfide) groups is 1. The summed E-state index contributed by atoms with van der Waals surface area (Å²) in [5.41, 5.74) is 1.85. The minimum absolute atomic E-state index is 0.0448. The monoisotopic (exact) mass is 440 g/mol. The lowest BCUT2D eigenvalue weighted by Crippen LogP contribution is -2.41. The summed E-state index contributed by atoms with van der Waals surface area (Å²) in [4.78, 5) is 25.8. The minimum Gasteiger partial charge on any atom is -0.469 e. The third kappa shape index (κ3) is 5.36. The Balaban J connectivity index is 1.47. The number of anilines is 2. The lowest BCUT2D eigenvalue weighted by molar-refractivity contribution is -0.148. The molecule has 0 atom stereocenters. The third-order valence-electron chi connectivity index (χ3n) is 4.53. The van der Waals surface area contributed by atoms with Gasteiger partial charge in [-0.1, -0.05) is 40.8 Å². The van der Waals surface area contributed by atoms with Crippen molar-refractivity contribution in [3.63, 3.8) is 0 Å². The van der Waals surface area contributed by atoms with Crippen molar-refractivity contribution in [2.45, 2.75) is 24.1 Å². The molecule has 1 aromatic carbocycles. The maximum atomic E-state index is 12.4. The van der Waals surface area contributed by atoms with Crippen LogP contribution in [0.2, 0.25) is 5.02 Å². The van der Waals surface area contributed by atoms with Crippen molar-refractivity contribution in [1.29, 1.82) is 0 Å². The Morgan fingerprint density at radius 2 is 2.11 bits per heavy atom. The standard InChI is InChI=1S/C18H21ClN4O3S2/c1-11-3-4-13(9-14(11)19)20-17-21-22-18(28-17)27-10-15(24)23-7-5-12(6-8-23)16(25)26-2/h3-4,9,12H,5-8,10H2,1-2H3,(H,20,21). The molecule has 1 aromatic heterocycles. The van der Waals surface area contributed by atoms with Gasteiger partial charge in [0.2, 0.25) is 11.0 Å². The first-order valence-electron chi connectivity index (χ1n) is 8.81. The van der Waals surface area contributed by atoms with Crippen LogP contribution in [0.5, 0.6) is 0 Å². The Kier molecular flexibility index (Phi) is 7.14. The highest BCUT2D eigenvalue weighted by molar-refractivity contribution is 8.01. The van der Waals surface area contributed by atoms with E-state index in [1.54, 1.807) is 4.90 Å². The fraction of sp³-hybridized carbons (Fsp3) is 0.444. The van der Waals surface area contributed by atoms with Crippen LogP contribution in [0.3, 0.4) is 0 Å². The number of methoxy groups -OCH3 is 1. The van der Waals surface area contributed by atoms with Gasteiger partial charge in [0.1, 0.15) is 0 Å². The topological polar surface area (TPSA) is 84.4 Å². The first-order chi connectivity index (χ1) is 13.5. The van der Waals surface area contributed by atoms with E-state index in [9.17, 15) is 9.59 Å². The van der Waals surface area contributed by atoms with Crippen molar-refractivity contribution in [2.24, 2.45) is 5.92 Å².